The molecule has 0 saturated heterocycles. The van der Waals surface area contributed by atoms with Crippen molar-refractivity contribution in [2.24, 2.45) is 0 Å². The van der Waals surface area contributed by atoms with Crippen LogP contribution in [0.3, 0.4) is 0 Å². The van der Waals surface area contributed by atoms with Gasteiger partial charge in [0.2, 0.25) is 0 Å². The van der Waals surface area contributed by atoms with E-state index in [1.807, 2.05) is 13.0 Å². The number of hydrogen-bond donors (Lipinski definition) is 1. The highest BCUT2D eigenvalue weighted by Gasteiger charge is 2.17. The number of ether oxygens (including phenoxy) is 1. The molecule has 136 valence electrons. The summed E-state index contributed by atoms with van der Waals surface area (Å²) in [6.45, 7) is 4.83. The lowest BCUT2D eigenvalue weighted by Gasteiger charge is -2.21. The zero-order chi connectivity index (χ0) is 18.9. The molecule has 7 nitrogen and oxygen atoms in total. The predicted molar refractivity (Wildman–Crippen MR) is 98.9 cm³/mol. The molecule has 8 heteroatoms. The summed E-state index contributed by atoms with van der Waals surface area (Å²) in [5, 5.41) is 14.0. The zero-order valence-corrected chi connectivity index (χ0v) is 15.5. The number of nitriles is 1. The fourth-order valence-electron chi connectivity index (χ4n) is 2.24. The van der Waals surface area contributed by atoms with Crippen molar-refractivity contribution in [3.05, 3.63) is 45.9 Å². The standard InChI is InChI=1S/C18H20N4O3S/c1-3-8-22(11-16-21-15(12-26-16)17(23)25-4-2)18(24)20-14-7-5-6-13(9-14)10-19/h5-7,9,12H,3-4,8,11H2,1-2H3,(H,20,24). The summed E-state index contributed by atoms with van der Waals surface area (Å²) in [6, 6.07) is 8.49. The van der Waals surface area contributed by atoms with E-state index in [0.29, 0.717) is 29.3 Å². The lowest BCUT2D eigenvalue weighted by molar-refractivity contribution is 0.0520. The van der Waals surface area contributed by atoms with Crippen LogP contribution in [-0.2, 0) is 11.3 Å². The van der Waals surface area contributed by atoms with Crippen molar-refractivity contribution in [1.82, 2.24) is 9.88 Å². The van der Waals surface area contributed by atoms with Crippen LogP contribution in [0.1, 0.15) is 41.3 Å². The number of nitrogens with zero attached hydrogens (tertiary/aromatic N) is 3. The van der Waals surface area contributed by atoms with Gasteiger partial charge in [0.1, 0.15) is 5.01 Å². The Morgan fingerprint density at radius 1 is 1.38 bits per heavy atom. The number of nitrogens with one attached hydrogen (secondary N) is 1. The summed E-state index contributed by atoms with van der Waals surface area (Å²) in [5.74, 6) is -0.463. The first-order valence-corrected chi connectivity index (χ1v) is 9.13. The molecule has 1 aromatic heterocycles. The Balaban J connectivity index is 2.06. The summed E-state index contributed by atoms with van der Waals surface area (Å²) in [4.78, 5) is 30.1. The van der Waals surface area contributed by atoms with E-state index in [1.165, 1.54) is 11.3 Å². The minimum absolute atomic E-state index is 0.255. The smallest absolute Gasteiger partial charge is 0.357 e. The molecular formula is C18H20N4O3S. The molecule has 0 bridgehead atoms. The Bertz CT molecular complexity index is 813. The van der Waals surface area contributed by atoms with Crippen molar-refractivity contribution in [3.63, 3.8) is 0 Å². The van der Waals surface area contributed by atoms with E-state index in [1.54, 1.807) is 41.5 Å². The molecule has 0 aliphatic carbocycles. The number of rotatable bonds is 7. The number of urea groups is 1. The average molecular weight is 372 g/mol. The number of carbonyl (C=O) groups is 2. The van der Waals surface area contributed by atoms with Crippen LogP contribution in [0.15, 0.2) is 29.6 Å². The maximum atomic E-state index is 12.6. The van der Waals surface area contributed by atoms with Gasteiger partial charge in [-0.15, -0.1) is 11.3 Å². The largest absolute Gasteiger partial charge is 0.461 e. The molecule has 1 N–H and O–H groups in total. The van der Waals surface area contributed by atoms with E-state index < -0.39 is 5.97 Å². The van der Waals surface area contributed by atoms with Gasteiger partial charge >= 0.3 is 12.0 Å². The number of amides is 2. The topological polar surface area (TPSA) is 95.3 Å². The van der Waals surface area contributed by atoms with E-state index in [0.717, 1.165) is 6.42 Å². The fraction of sp³-hybridized carbons (Fsp3) is 0.333. The molecule has 1 heterocycles. The molecule has 0 saturated carbocycles. The normalized spacial score (nSPS) is 10.0. The maximum absolute atomic E-state index is 12.6. The molecule has 26 heavy (non-hydrogen) atoms. The van der Waals surface area contributed by atoms with Gasteiger partial charge in [0.15, 0.2) is 5.69 Å². The zero-order valence-electron chi connectivity index (χ0n) is 14.7. The number of anilines is 1. The summed E-state index contributed by atoms with van der Waals surface area (Å²) in [7, 11) is 0. The molecule has 2 amide bonds. The van der Waals surface area contributed by atoms with Gasteiger partial charge in [-0.3, -0.25) is 0 Å². The van der Waals surface area contributed by atoms with Crippen LogP contribution in [0.25, 0.3) is 0 Å². The minimum Gasteiger partial charge on any atom is -0.461 e. The van der Waals surface area contributed by atoms with Crippen LogP contribution in [0.2, 0.25) is 0 Å². The number of aromatic nitrogens is 1. The summed E-state index contributed by atoms with van der Waals surface area (Å²) >= 11 is 1.31. The van der Waals surface area contributed by atoms with E-state index in [2.05, 4.69) is 10.3 Å². The third-order valence-electron chi connectivity index (χ3n) is 3.39. The molecule has 2 rings (SSSR count). The minimum atomic E-state index is -0.463. The molecule has 0 aliphatic rings. The van der Waals surface area contributed by atoms with Gasteiger partial charge in [-0.05, 0) is 31.5 Å². The lowest BCUT2D eigenvalue weighted by Crippen LogP contribution is -2.35. The van der Waals surface area contributed by atoms with Crippen molar-refractivity contribution in [2.45, 2.75) is 26.8 Å². The molecule has 0 spiro atoms. The SMILES string of the molecule is CCCN(Cc1nc(C(=O)OCC)cs1)C(=O)Nc1cccc(C#N)c1. The van der Waals surface area contributed by atoms with Crippen LogP contribution in [0, 0.1) is 11.3 Å². The number of carbonyl (C=O) groups excluding carboxylic acids is 2. The average Bonchev–Trinajstić information content (AvgIpc) is 3.10. The van der Waals surface area contributed by atoms with E-state index in [9.17, 15) is 9.59 Å². The van der Waals surface area contributed by atoms with Crippen LogP contribution >= 0.6 is 11.3 Å². The Kier molecular flexibility index (Phi) is 7.12. The van der Waals surface area contributed by atoms with Gasteiger partial charge in [0.25, 0.3) is 0 Å². The van der Waals surface area contributed by atoms with E-state index >= 15 is 0 Å². The highest BCUT2D eigenvalue weighted by Crippen LogP contribution is 2.16. The molecular weight excluding hydrogens is 352 g/mol. The Morgan fingerprint density at radius 2 is 2.19 bits per heavy atom. The van der Waals surface area contributed by atoms with Gasteiger partial charge in [-0.25, -0.2) is 14.6 Å². The Labute approximate surface area is 156 Å². The molecule has 2 aromatic rings. The predicted octanol–water partition coefficient (Wildman–Crippen LogP) is 3.64. The first-order chi connectivity index (χ1) is 12.6. The molecule has 1 aromatic carbocycles. The molecule has 0 radical (unpaired) electrons. The van der Waals surface area contributed by atoms with Crippen molar-refractivity contribution in [1.29, 1.82) is 5.26 Å². The van der Waals surface area contributed by atoms with E-state index in [-0.39, 0.29) is 18.3 Å². The summed E-state index contributed by atoms with van der Waals surface area (Å²) in [6.07, 6.45) is 0.780. The van der Waals surface area contributed by atoms with Gasteiger partial charge in [-0.2, -0.15) is 5.26 Å². The molecule has 0 unspecified atom stereocenters. The van der Waals surface area contributed by atoms with Crippen molar-refractivity contribution in [2.75, 3.05) is 18.5 Å². The van der Waals surface area contributed by atoms with Crippen molar-refractivity contribution >= 4 is 29.0 Å². The maximum Gasteiger partial charge on any atom is 0.357 e. The first kappa shape index (κ1) is 19.4. The van der Waals surface area contributed by atoms with Crippen LogP contribution in [0.5, 0.6) is 0 Å². The summed E-state index contributed by atoms with van der Waals surface area (Å²) in [5.41, 5.74) is 1.29. The third-order valence-corrected chi connectivity index (χ3v) is 4.22. The molecule has 0 atom stereocenters. The Morgan fingerprint density at radius 3 is 2.88 bits per heavy atom. The monoisotopic (exact) mass is 372 g/mol. The summed E-state index contributed by atoms with van der Waals surface area (Å²) < 4.78 is 4.93. The van der Waals surface area contributed by atoms with Gasteiger partial charge < -0.3 is 15.0 Å². The number of benzene rings is 1. The van der Waals surface area contributed by atoms with Gasteiger partial charge in [0.05, 0.1) is 24.8 Å². The molecule has 0 aliphatic heterocycles. The van der Waals surface area contributed by atoms with Gasteiger partial charge in [0, 0.05) is 17.6 Å². The highest BCUT2D eigenvalue weighted by molar-refractivity contribution is 7.09. The van der Waals surface area contributed by atoms with Crippen molar-refractivity contribution in [3.8, 4) is 6.07 Å². The second-order valence-electron chi connectivity index (χ2n) is 5.39. The Hall–Kier alpha value is -2.92. The quantitative estimate of drug-likeness (QED) is 0.749. The second-order valence-corrected chi connectivity index (χ2v) is 6.33. The number of hydrogen-bond acceptors (Lipinski definition) is 6. The lowest BCUT2D eigenvalue weighted by atomic mass is 10.2. The molecule has 0 fully saturated rings. The van der Waals surface area contributed by atoms with E-state index in [4.69, 9.17) is 10.00 Å². The highest BCUT2D eigenvalue weighted by atomic mass is 32.1. The number of thiazole rings is 1. The third kappa shape index (κ3) is 5.29. The van der Waals surface area contributed by atoms with Crippen molar-refractivity contribution < 1.29 is 14.3 Å². The fourth-order valence-corrected chi connectivity index (χ4v) is 3.01. The van der Waals surface area contributed by atoms with Crippen LogP contribution in [0.4, 0.5) is 10.5 Å². The first-order valence-electron chi connectivity index (χ1n) is 8.25. The van der Waals surface area contributed by atoms with Crippen LogP contribution < -0.4 is 5.32 Å². The van der Waals surface area contributed by atoms with Crippen LogP contribution in [-0.4, -0.2) is 35.0 Å². The second kappa shape index (κ2) is 9.53. The van der Waals surface area contributed by atoms with Gasteiger partial charge in [-0.1, -0.05) is 13.0 Å². The number of esters is 1.